The van der Waals surface area contributed by atoms with E-state index in [9.17, 15) is 4.79 Å². The molecule has 0 unspecified atom stereocenters. The van der Waals surface area contributed by atoms with Crippen LogP contribution in [0, 0.1) is 11.8 Å². The van der Waals surface area contributed by atoms with Crippen molar-refractivity contribution in [3.63, 3.8) is 0 Å². The summed E-state index contributed by atoms with van der Waals surface area (Å²) in [6, 6.07) is 2.87. The molecule has 0 aromatic carbocycles. The summed E-state index contributed by atoms with van der Waals surface area (Å²) in [7, 11) is 0. The number of carbonyl (C=O) groups excluding carboxylic acids is 1. The van der Waals surface area contributed by atoms with Gasteiger partial charge in [0.25, 0.3) is 0 Å². The quantitative estimate of drug-likeness (QED) is 0.769. The van der Waals surface area contributed by atoms with Crippen LogP contribution in [0.3, 0.4) is 0 Å². The molecule has 2 atom stereocenters. The average molecular weight is 333 g/mol. The van der Waals surface area contributed by atoms with Gasteiger partial charge in [-0.3, -0.25) is 14.6 Å². The van der Waals surface area contributed by atoms with Gasteiger partial charge in [0, 0.05) is 38.8 Å². The molecule has 126 valence electrons. The molecule has 4 heteroatoms. The van der Waals surface area contributed by atoms with Gasteiger partial charge in [0.05, 0.1) is 4.88 Å². The van der Waals surface area contributed by atoms with E-state index < -0.39 is 0 Å². The highest BCUT2D eigenvalue weighted by atomic mass is 32.1. The number of carbonyl (C=O) groups is 1. The van der Waals surface area contributed by atoms with Crippen LogP contribution in [0.4, 0.5) is 0 Å². The Labute approximate surface area is 143 Å². The number of hydrogen-bond acceptors (Lipinski definition) is 4. The number of fused-ring (bicyclic) bond motifs is 4. The summed E-state index contributed by atoms with van der Waals surface area (Å²) in [6.07, 6.45) is 7.16. The minimum absolute atomic E-state index is 0.198. The third-order valence-corrected chi connectivity index (χ3v) is 7.11. The number of Topliss-reactive ketones (excluding diaryl/α,β-unsaturated/α-hetero) is 1. The van der Waals surface area contributed by atoms with Crippen molar-refractivity contribution in [3.8, 4) is 0 Å². The third-order valence-electron chi connectivity index (χ3n) is 6.03. The molecule has 4 fully saturated rings. The molecule has 1 aromatic rings. The van der Waals surface area contributed by atoms with Crippen LogP contribution in [0.1, 0.15) is 54.3 Å². The van der Waals surface area contributed by atoms with Crippen LogP contribution in [0.25, 0.3) is 0 Å². The van der Waals surface area contributed by atoms with Gasteiger partial charge in [-0.15, -0.1) is 11.3 Å². The van der Waals surface area contributed by atoms with Crippen molar-refractivity contribution in [1.82, 2.24) is 9.80 Å². The van der Waals surface area contributed by atoms with E-state index in [2.05, 4.69) is 21.2 Å². The van der Waals surface area contributed by atoms with Gasteiger partial charge < -0.3 is 0 Å². The van der Waals surface area contributed by atoms with Crippen molar-refractivity contribution < 1.29 is 4.79 Å². The van der Waals surface area contributed by atoms with Crippen LogP contribution in [0.15, 0.2) is 11.4 Å². The van der Waals surface area contributed by atoms with Crippen LogP contribution in [-0.2, 0) is 6.54 Å². The first kappa shape index (κ1) is 15.8. The van der Waals surface area contributed by atoms with Crippen LogP contribution < -0.4 is 0 Å². The highest BCUT2D eigenvalue weighted by Crippen LogP contribution is 2.33. The second-order valence-corrected chi connectivity index (χ2v) is 8.83. The molecule has 3 aliphatic heterocycles. The predicted molar refractivity (Wildman–Crippen MR) is 95.0 cm³/mol. The molecule has 1 saturated carbocycles. The number of piperidine rings is 1. The lowest BCUT2D eigenvalue weighted by atomic mass is 9.83. The fraction of sp³-hybridized carbons (Fsp3) is 0.737. The smallest absolute Gasteiger partial charge is 0.169 e. The Kier molecular flexibility index (Phi) is 4.57. The maximum absolute atomic E-state index is 11.5. The standard InChI is InChI=1S/C19H28N2OS/c1-14(22)19-7-17(13-23-19)9-20-8-16-5-6-18(12-20)21(11-16)10-15-3-2-4-15/h7,13,15-16,18H,2-6,8-12H2,1H3/t16-,18+/m0/s1. The molecule has 5 rings (SSSR count). The van der Waals surface area contributed by atoms with Crippen LogP contribution >= 0.6 is 11.3 Å². The number of nitrogens with zero attached hydrogens (tertiary/aromatic N) is 2. The number of ketones is 1. The summed E-state index contributed by atoms with van der Waals surface area (Å²) >= 11 is 1.60. The highest BCUT2D eigenvalue weighted by molar-refractivity contribution is 7.12. The first-order valence-corrected chi connectivity index (χ1v) is 10.1. The van der Waals surface area contributed by atoms with E-state index in [1.54, 1.807) is 18.3 Å². The first-order valence-electron chi connectivity index (χ1n) is 9.22. The Bertz CT molecular complexity index is 565. The molecule has 4 aliphatic rings. The predicted octanol–water partition coefficient (Wildman–Crippen LogP) is 3.65. The molecule has 4 heterocycles. The molecule has 1 aliphatic carbocycles. The van der Waals surface area contributed by atoms with Crippen LogP contribution in [0.2, 0.25) is 0 Å². The molecule has 2 bridgehead atoms. The van der Waals surface area contributed by atoms with Gasteiger partial charge in [-0.25, -0.2) is 0 Å². The third kappa shape index (κ3) is 3.54. The van der Waals surface area contributed by atoms with Crippen molar-refractivity contribution in [3.05, 3.63) is 21.9 Å². The average Bonchev–Trinajstić information content (AvgIpc) is 2.77. The summed E-state index contributed by atoms with van der Waals surface area (Å²) in [5.41, 5.74) is 1.33. The lowest BCUT2D eigenvalue weighted by molar-refractivity contribution is 0.0891. The summed E-state index contributed by atoms with van der Waals surface area (Å²) in [4.78, 5) is 17.9. The van der Waals surface area contributed by atoms with Gasteiger partial charge in [0.2, 0.25) is 0 Å². The minimum atomic E-state index is 0.198. The molecular weight excluding hydrogens is 304 g/mol. The molecule has 23 heavy (non-hydrogen) atoms. The molecule has 0 N–H and O–H groups in total. The summed E-state index contributed by atoms with van der Waals surface area (Å²) < 4.78 is 0. The second kappa shape index (κ2) is 6.66. The van der Waals surface area contributed by atoms with Crippen molar-refractivity contribution in [2.24, 2.45) is 11.8 Å². The van der Waals surface area contributed by atoms with Gasteiger partial charge in [0.15, 0.2) is 5.78 Å². The molecule has 0 spiro atoms. The molecule has 0 radical (unpaired) electrons. The van der Waals surface area contributed by atoms with Crippen molar-refractivity contribution in [1.29, 1.82) is 0 Å². The van der Waals surface area contributed by atoms with Crippen molar-refractivity contribution >= 4 is 17.1 Å². The van der Waals surface area contributed by atoms with Crippen LogP contribution in [-0.4, -0.2) is 47.8 Å². The number of hydrogen-bond donors (Lipinski definition) is 0. The topological polar surface area (TPSA) is 23.6 Å². The fourth-order valence-electron chi connectivity index (χ4n) is 4.54. The van der Waals surface area contributed by atoms with Gasteiger partial charge in [-0.05, 0) is 61.5 Å². The molecule has 3 saturated heterocycles. The van der Waals surface area contributed by atoms with Crippen molar-refractivity contribution in [2.75, 3.05) is 26.2 Å². The van der Waals surface area contributed by atoms with Gasteiger partial charge in [0.1, 0.15) is 0 Å². The van der Waals surface area contributed by atoms with Gasteiger partial charge in [-0.2, -0.15) is 0 Å². The second-order valence-electron chi connectivity index (χ2n) is 7.92. The molecule has 1 aromatic heterocycles. The van der Waals surface area contributed by atoms with Gasteiger partial charge >= 0.3 is 0 Å². The number of thiophene rings is 1. The minimum Gasteiger partial charge on any atom is -0.299 e. The SMILES string of the molecule is CC(=O)c1cc(CN2C[C@@H]3CC[C@H](C2)N(CC2CCC2)C3)cs1. The van der Waals surface area contributed by atoms with E-state index in [1.165, 1.54) is 63.8 Å². The van der Waals surface area contributed by atoms with Gasteiger partial charge in [-0.1, -0.05) is 6.42 Å². The van der Waals surface area contributed by atoms with Crippen LogP contribution in [0.5, 0.6) is 0 Å². The Balaban J connectivity index is 1.39. The summed E-state index contributed by atoms with van der Waals surface area (Å²) in [5, 5.41) is 2.18. The maximum atomic E-state index is 11.5. The lowest BCUT2D eigenvalue weighted by Gasteiger charge is -2.40. The Morgan fingerprint density at radius 3 is 2.78 bits per heavy atom. The zero-order valence-electron chi connectivity index (χ0n) is 14.2. The Hall–Kier alpha value is -0.710. The van der Waals surface area contributed by atoms with E-state index in [0.717, 1.165) is 29.3 Å². The van der Waals surface area contributed by atoms with E-state index in [1.807, 2.05) is 0 Å². The zero-order valence-corrected chi connectivity index (χ0v) is 15.0. The van der Waals surface area contributed by atoms with Crippen molar-refractivity contribution in [2.45, 2.75) is 51.6 Å². The summed E-state index contributed by atoms with van der Waals surface area (Å²) in [5.74, 6) is 2.03. The van der Waals surface area contributed by atoms with E-state index in [0.29, 0.717) is 0 Å². The fourth-order valence-corrected chi connectivity index (χ4v) is 5.34. The first-order chi connectivity index (χ1) is 11.2. The Morgan fingerprint density at radius 2 is 2.09 bits per heavy atom. The highest BCUT2D eigenvalue weighted by Gasteiger charge is 2.36. The van der Waals surface area contributed by atoms with E-state index in [-0.39, 0.29) is 5.78 Å². The largest absolute Gasteiger partial charge is 0.299 e. The normalized spacial score (nSPS) is 29.4. The monoisotopic (exact) mass is 332 g/mol. The summed E-state index contributed by atoms with van der Waals surface area (Å²) in [6.45, 7) is 7.81. The molecular formula is C19H28N2OS. The number of rotatable bonds is 5. The molecule has 0 amide bonds. The lowest BCUT2D eigenvalue weighted by Crippen LogP contribution is -2.46. The van der Waals surface area contributed by atoms with E-state index >= 15 is 0 Å². The van der Waals surface area contributed by atoms with E-state index in [4.69, 9.17) is 0 Å². The maximum Gasteiger partial charge on any atom is 0.169 e. The zero-order chi connectivity index (χ0) is 15.8. The Morgan fingerprint density at radius 1 is 1.22 bits per heavy atom. The molecule has 3 nitrogen and oxygen atoms in total.